The van der Waals surface area contributed by atoms with E-state index >= 15 is 0 Å². The number of hydrogen-bond acceptors (Lipinski definition) is 3. The number of anilines is 1. The number of nitrogens with one attached hydrogen (secondary N) is 1. The summed E-state index contributed by atoms with van der Waals surface area (Å²) in [5.74, 6) is 0.269. The fourth-order valence-corrected chi connectivity index (χ4v) is 2.36. The highest BCUT2D eigenvalue weighted by Crippen LogP contribution is 2.23. The Balaban J connectivity index is 2.20. The van der Waals surface area contributed by atoms with Gasteiger partial charge in [0.05, 0.1) is 11.7 Å². The van der Waals surface area contributed by atoms with Gasteiger partial charge in [0.2, 0.25) is 0 Å². The fourth-order valence-electron chi connectivity index (χ4n) is 2.36. The molecular formula is C17H22N2O2. The van der Waals surface area contributed by atoms with Crippen molar-refractivity contribution in [1.82, 2.24) is 4.57 Å². The first kappa shape index (κ1) is 15.2. The first-order valence-corrected chi connectivity index (χ1v) is 7.40. The van der Waals surface area contributed by atoms with Gasteiger partial charge >= 0.3 is 0 Å². The Morgan fingerprint density at radius 3 is 2.48 bits per heavy atom. The van der Waals surface area contributed by atoms with Gasteiger partial charge in [0.15, 0.2) is 0 Å². The number of rotatable bonds is 6. The summed E-state index contributed by atoms with van der Waals surface area (Å²) in [6, 6.07) is 10.8. The zero-order valence-corrected chi connectivity index (χ0v) is 12.5. The van der Waals surface area contributed by atoms with Crippen molar-refractivity contribution in [3.63, 3.8) is 0 Å². The quantitative estimate of drug-likeness (QED) is 0.854. The molecule has 0 aliphatic heterocycles. The van der Waals surface area contributed by atoms with Crippen LogP contribution in [0.1, 0.15) is 38.3 Å². The molecule has 0 radical (unpaired) electrons. The monoisotopic (exact) mass is 286 g/mol. The van der Waals surface area contributed by atoms with Crippen molar-refractivity contribution in [3.8, 4) is 5.75 Å². The highest BCUT2D eigenvalue weighted by molar-refractivity contribution is 5.44. The standard InChI is InChI=1S/C17H22N2O2/c1-3-11-19-12-14(7-10-17(19)21)18-16(4-2)13-5-8-15(20)9-6-13/h5-10,12,16,18,20H,3-4,11H2,1-2H3. The number of aromatic hydroxyl groups is 1. The lowest BCUT2D eigenvalue weighted by molar-refractivity contribution is 0.475. The average molecular weight is 286 g/mol. The van der Waals surface area contributed by atoms with E-state index in [9.17, 15) is 9.90 Å². The van der Waals surface area contributed by atoms with Crippen molar-refractivity contribution in [2.45, 2.75) is 39.3 Å². The van der Waals surface area contributed by atoms with Crippen LogP contribution < -0.4 is 10.9 Å². The minimum atomic E-state index is 0.0279. The predicted octanol–water partition coefficient (Wildman–Crippen LogP) is 3.53. The molecule has 2 N–H and O–H groups in total. The zero-order valence-electron chi connectivity index (χ0n) is 12.5. The largest absolute Gasteiger partial charge is 0.508 e. The molecule has 0 saturated heterocycles. The van der Waals surface area contributed by atoms with E-state index in [0.717, 1.165) is 30.6 Å². The molecule has 4 nitrogen and oxygen atoms in total. The number of benzene rings is 1. The number of phenolic OH excluding ortho intramolecular Hbond substituents is 1. The summed E-state index contributed by atoms with van der Waals surface area (Å²) >= 11 is 0. The first-order chi connectivity index (χ1) is 10.1. The fraction of sp³-hybridized carbons (Fsp3) is 0.353. The number of hydrogen-bond donors (Lipinski definition) is 2. The van der Waals surface area contributed by atoms with Crippen LogP contribution in [-0.4, -0.2) is 9.67 Å². The molecule has 1 atom stereocenters. The van der Waals surface area contributed by atoms with Crippen molar-refractivity contribution < 1.29 is 5.11 Å². The maximum atomic E-state index is 11.7. The smallest absolute Gasteiger partial charge is 0.250 e. The van der Waals surface area contributed by atoms with Gasteiger partial charge in [-0.25, -0.2) is 0 Å². The second-order valence-electron chi connectivity index (χ2n) is 5.15. The molecule has 0 aliphatic rings. The lowest BCUT2D eigenvalue weighted by atomic mass is 10.0. The molecule has 0 fully saturated rings. The van der Waals surface area contributed by atoms with E-state index < -0.39 is 0 Å². The molecule has 2 aromatic rings. The topological polar surface area (TPSA) is 54.3 Å². The number of aromatic nitrogens is 1. The molecule has 0 aliphatic carbocycles. The molecule has 112 valence electrons. The van der Waals surface area contributed by atoms with E-state index in [1.165, 1.54) is 0 Å². The molecule has 1 aromatic heterocycles. The van der Waals surface area contributed by atoms with Gasteiger partial charge < -0.3 is 15.0 Å². The Labute approximate surface area is 125 Å². The highest BCUT2D eigenvalue weighted by atomic mass is 16.3. The Hall–Kier alpha value is -2.23. The van der Waals surface area contributed by atoms with Gasteiger partial charge in [-0.05, 0) is 36.6 Å². The Morgan fingerprint density at radius 1 is 1.14 bits per heavy atom. The molecular weight excluding hydrogens is 264 g/mol. The number of aryl methyl sites for hydroxylation is 1. The van der Waals surface area contributed by atoms with Crippen LogP contribution >= 0.6 is 0 Å². The predicted molar refractivity (Wildman–Crippen MR) is 85.8 cm³/mol. The third-order valence-electron chi connectivity index (χ3n) is 3.49. The Morgan fingerprint density at radius 2 is 1.86 bits per heavy atom. The SMILES string of the molecule is CCCn1cc(NC(CC)c2ccc(O)cc2)ccc1=O. The first-order valence-electron chi connectivity index (χ1n) is 7.40. The third-order valence-corrected chi connectivity index (χ3v) is 3.49. The number of pyridine rings is 1. The normalized spacial score (nSPS) is 12.1. The van der Waals surface area contributed by atoms with Crippen LogP contribution in [0, 0.1) is 0 Å². The van der Waals surface area contributed by atoms with Gasteiger partial charge in [0, 0.05) is 18.8 Å². The molecule has 1 aromatic carbocycles. The van der Waals surface area contributed by atoms with Gasteiger partial charge in [-0.15, -0.1) is 0 Å². The van der Waals surface area contributed by atoms with Crippen molar-refractivity contribution in [2.24, 2.45) is 0 Å². The van der Waals surface area contributed by atoms with Crippen LogP contribution in [0.25, 0.3) is 0 Å². The molecule has 2 rings (SSSR count). The van der Waals surface area contributed by atoms with E-state index in [-0.39, 0.29) is 17.4 Å². The Bertz CT molecular complexity index is 632. The lowest BCUT2D eigenvalue weighted by Gasteiger charge is -2.19. The van der Waals surface area contributed by atoms with Crippen LogP contribution in [-0.2, 0) is 6.54 Å². The summed E-state index contributed by atoms with van der Waals surface area (Å²) in [6.45, 7) is 4.88. The summed E-state index contributed by atoms with van der Waals surface area (Å²) in [5.41, 5.74) is 2.08. The zero-order chi connectivity index (χ0) is 15.2. The molecule has 0 amide bonds. The van der Waals surface area contributed by atoms with Gasteiger partial charge in [0.1, 0.15) is 5.75 Å². The van der Waals surface area contributed by atoms with Crippen molar-refractivity contribution in [3.05, 3.63) is 58.5 Å². The second kappa shape index (κ2) is 6.97. The van der Waals surface area contributed by atoms with Crippen LogP contribution in [0.5, 0.6) is 5.75 Å². The van der Waals surface area contributed by atoms with E-state index in [1.54, 1.807) is 22.8 Å². The second-order valence-corrected chi connectivity index (χ2v) is 5.15. The van der Waals surface area contributed by atoms with Crippen molar-refractivity contribution >= 4 is 5.69 Å². The lowest BCUT2D eigenvalue weighted by Crippen LogP contribution is -2.19. The highest BCUT2D eigenvalue weighted by Gasteiger charge is 2.09. The van der Waals surface area contributed by atoms with Crippen LogP contribution in [0.15, 0.2) is 47.4 Å². The van der Waals surface area contributed by atoms with Crippen LogP contribution in [0.2, 0.25) is 0 Å². The maximum Gasteiger partial charge on any atom is 0.250 e. The number of nitrogens with zero attached hydrogens (tertiary/aromatic N) is 1. The van der Waals surface area contributed by atoms with Gasteiger partial charge in [-0.2, -0.15) is 0 Å². The third kappa shape index (κ3) is 3.88. The van der Waals surface area contributed by atoms with E-state index in [0.29, 0.717) is 0 Å². The minimum Gasteiger partial charge on any atom is -0.508 e. The van der Waals surface area contributed by atoms with Gasteiger partial charge in [-0.1, -0.05) is 26.0 Å². The molecule has 1 unspecified atom stereocenters. The summed E-state index contributed by atoms with van der Waals surface area (Å²) in [4.78, 5) is 11.7. The molecule has 0 spiro atoms. The van der Waals surface area contributed by atoms with Crippen molar-refractivity contribution in [1.29, 1.82) is 0 Å². The van der Waals surface area contributed by atoms with Crippen LogP contribution in [0.4, 0.5) is 5.69 Å². The average Bonchev–Trinajstić information content (AvgIpc) is 2.49. The molecule has 0 saturated carbocycles. The minimum absolute atomic E-state index is 0.0279. The van der Waals surface area contributed by atoms with E-state index in [1.807, 2.05) is 24.4 Å². The maximum absolute atomic E-state index is 11.7. The molecule has 4 heteroatoms. The molecule has 21 heavy (non-hydrogen) atoms. The molecule has 0 bridgehead atoms. The summed E-state index contributed by atoms with van der Waals surface area (Å²) in [5, 5.41) is 12.8. The summed E-state index contributed by atoms with van der Waals surface area (Å²) < 4.78 is 1.73. The van der Waals surface area contributed by atoms with E-state index in [4.69, 9.17) is 0 Å². The van der Waals surface area contributed by atoms with Crippen molar-refractivity contribution in [2.75, 3.05) is 5.32 Å². The van der Waals surface area contributed by atoms with Gasteiger partial charge in [-0.3, -0.25) is 4.79 Å². The summed E-state index contributed by atoms with van der Waals surface area (Å²) in [7, 11) is 0. The van der Waals surface area contributed by atoms with Crippen LogP contribution in [0.3, 0.4) is 0 Å². The number of phenols is 1. The Kier molecular flexibility index (Phi) is 5.04. The molecule has 1 heterocycles. The van der Waals surface area contributed by atoms with E-state index in [2.05, 4.69) is 19.2 Å². The van der Waals surface area contributed by atoms with Gasteiger partial charge in [0.25, 0.3) is 5.56 Å². The summed E-state index contributed by atoms with van der Waals surface area (Å²) in [6.07, 6.45) is 3.71.